The second-order valence-corrected chi connectivity index (χ2v) is 3.63. The fraction of sp³-hybridized carbons (Fsp3) is 0.0714. The standard InChI is InChI=1S/C14H13NO/c1-11(15-16)13-8-5-9-14(10-13)12-6-3-2-4-7-12/h2-10,16H,1H3/b15-11+. The predicted octanol–water partition coefficient (Wildman–Crippen LogP) is 3.55. The molecule has 0 heterocycles. The van der Waals surface area contributed by atoms with Crippen molar-refractivity contribution in [1.82, 2.24) is 0 Å². The van der Waals surface area contributed by atoms with Crippen LogP contribution in [0.2, 0.25) is 0 Å². The van der Waals surface area contributed by atoms with Gasteiger partial charge in [0.25, 0.3) is 0 Å². The lowest BCUT2D eigenvalue weighted by molar-refractivity contribution is 0.319. The molecular weight excluding hydrogens is 198 g/mol. The van der Waals surface area contributed by atoms with Gasteiger partial charge in [-0.1, -0.05) is 53.7 Å². The van der Waals surface area contributed by atoms with Crippen LogP contribution >= 0.6 is 0 Å². The molecular formula is C14H13NO. The van der Waals surface area contributed by atoms with E-state index >= 15 is 0 Å². The summed E-state index contributed by atoms with van der Waals surface area (Å²) in [4.78, 5) is 0. The fourth-order valence-electron chi connectivity index (χ4n) is 1.61. The molecule has 2 aromatic rings. The Bertz CT molecular complexity index is 503. The fourth-order valence-corrected chi connectivity index (χ4v) is 1.61. The van der Waals surface area contributed by atoms with Gasteiger partial charge in [0.15, 0.2) is 0 Å². The molecule has 0 fully saturated rings. The predicted molar refractivity (Wildman–Crippen MR) is 65.9 cm³/mol. The average molecular weight is 211 g/mol. The minimum atomic E-state index is 0.623. The summed E-state index contributed by atoms with van der Waals surface area (Å²) in [6.07, 6.45) is 0. The van der Waals surface area contributed by atoms with Crippen molar-refractivity contribution < 1.29 is 5.21 Å². The first-order valence-corrected chi connectivity index (χ1v) is 5.16. The van der Waals surface area contributed by atoms with Crippen LogP contribution in [-0.2, 0) is 0 Å². The van der Waals surface area contributed by atoms with E-state index in [9.17, 15) is 0 Å². The number of hydrogen-bond donors (Lipinski definition) is 1. The zero-order chi connectivity index (χ0) is 11.4. The molecule has 0 spiro atoms. The first-order chi connectivity index (χ1) is 7.81. The number of rotatable bonds is 2. The summed E-state index contributed by atoms with van der Waals surface area (Å²) in [6, 6.07) is 18.1. The molecule has 80 valence electrons. The Morgan fingerprint density at radius 2 is 1.62 bits per heavy atom. The monoisotopic (exact) mass is 211 g/mol. The van der Waals surface area contributed by atoms with Crippen LogP contribution in [0.15, 0.2) is 59.8 Å². The molecule has 2 nitrogen and oxygen atoms in total. The maximum atomic E-state index is 8.74. The van der Waals surface area contributed by atoms with Gasteiger partial charge in [-0.05, 0) is 29.7 Å². The maximum Gasteiger partial charge on any atom is 0.0837 e. The van der Waals surface area contributed by atoms with Crippen molar-refractivity contribution in [3.05, 3.63) is 60.2 Å². The molecule has 0 aliphatic carbocycles. The van der Waals surface area contributed by atoms with Crippen LogP contribution in [-0.4, -0.2) is 10.9 Å². The Balaban J connectivity index is 2.44. The van der Waals surface area contributed by atoms with E-state index in [1.165, 1.54) is 0 Å². The van der Waals surface area contributed by atoms with Gasteiger partial charge in [0.05, 0.1) is 5.71 Å². The Hall–Kier alpha value is -2.09. The van der Waals surface area contributed by atoms with E-state index in [1.54, 1.807) is 6.92 Å². The smallest absolute Gasteiger partial charge is 0.0837 e. The average Bonchev–Trinajstić information content (AvgIpc) is 2.39. The van der Waals surface area contributed by atoms with E-state index in [0.29, 0.717) is 5.71 Å². The lowest BCUT2D eigenvalue weighted by atomic mass is 10.0. The molecule has 0 saturated heterocycles. The second-order valence-electron chi connectivity index (χ2n) is 3.63. The van der Waals surface area contributed by atoms with Crippen LogP contribution in [0.4, 0.5) is 0 Å². The lowest BCUT2D eigenvalue weighted by Crippen LogP contribution is -1.94. The molecule has 2 rings (SSSR count). The Morgan fingerprint density at radius 1 is 0.938 bits per heavy atom. The topological polar surface area (TPSA) is 32.6 Å². The quantitative estimate of drug-likeness (QED) is 0.460. The van der Waals surface area contributed by atoms with E-state index in [0.717, 1.165) is 16.7 Å². The number of hydrogen-bond acceptors (Lipinski definition) is 2. The summed E-state index contributed by atoms with van der Waals surface area (Å²) in [5, 5.41) is 11.9. The third kappa shape index (κ3) is 2.11. The van der Waals surface area contributed by atoms with Crippen LogP contribution in [0.25, 0.3) is 11.1 Å². The summed E-state index contributed by atoms with van der Waals surface area (Å²) in [5.74, 6) is 0. The van der Waals surface area contributed by atoms with E-state index < -0.39 is 0 Å². The Morgan fingerprint density at radius 3 is 2.31 bits per heavy atom. The van der Waals surface area contributed by atoms with E-state index in [-0.39, 0.29) is 0 Å². The van der Waals surface area contributed by atoms with Gasteiger partial charge in [-0.25, -0.2) is 0 Å². The van der Waals surface area contributed by atoms with Gasteiger partial charge in [0.2, 0.25) is 0 Å². The molecule has 0 aliphatic rings. The Labute approximate surface area is 94.9 Å². The van der Waals surface area contributed by atoms with Crippen LogP contribution < -0.4 is 0 Å². The molecule has 1 N–H and O–H groups in total. The largest absolute Gasteiger partial charge is 0.411 e. The van der Waals surface area contributed by atoms with E-state index in [4.69, 9.17) is 5.21 Å². The summed E-state index contributed by atoms with van der Waals surface area (Å²) in [5.41, 5.74) is 3.85. The zero-order valence-electron chi connectivity index (χ0n) is 9.09. The maximum absolute atomic E-state index is 8.74. The lowest BCUT2D eigenvalue weighted by Gasteiger charge is -2.04. The van der Waals surface area contributed by atoms with Gasteiger partial charge < -0.3 is 5.21 Å². The summed E-state index contributed by atoms with van der Waals surface area (Å²) >= 11 is 0. The molecule has 0 unspecified atom stereocenters. The molecule has 0 bridgehead atoms. The third-order valence-corrected chi connectivity index (χ3v) is 2.54. The van der Waals surface area contributed by atoms with Crippen molar-refractivity contribution in [1.29, 1.82) is 0 Å². The highest BCUT2D eigenvalue weighted by atomic mass is 16.4. The number of benzene rings is 2. The SMILES string of the molecule is C/C(=N\O)c1cccc(-c2ccccc2)c1. The zero-order valence-corrected chi connectivity index (χ0v) is 9.09. The second kappa shape index (κ2) is 4.62. The van der Waals surface area contributed by atoms with Gasteiger partial charge in [-0.3, -0.25) is 0 Å². The van der Waals surface area contributed by atoms with Gasteiger partial charge in [0, 0.05) is 0 Å². The molecule has 0 atom stereocenters. The van der Waals surface area contributed by atoms with Gasteiger partial charge in [-0.2, -0.15) is 0 Å². The summed E-state index contributed by atoms with van der Waals surface area (Å²) in [6.45, 7) is 1.78. The van der Waals surface area contributed by atoms with Crippen molar-refractivity contribution in [3.63, 3.8) is 0 Å². The van der Waals surface area contributed by atoms with Gasteiger partial charge >= 0.3 is 0 Å². The molecule has 0 saturated carbocycles. The van der Waals surface area contributed by atoms with Crippen molar-refractivity contribution in [3.8, 4) is 11.1 Å². The first kappa shape index (κ1) is 10.4. The van der Waals surface area contributed by atoms with Crippen molar-refractivity contribution in [2.24, 2.45) is 5.16 Å². The molecule has 2 aromatic carbocycles. The van der Waals surface area contributed by atoms with Crippen LogP contribution in [0, 0.1) is 0 Å². The van der Waals surface area contributed by atoms with E-state index in [2.05, 4.69) is 17.3 Å². The molecule has 0 amide bonds. The highest BCUT2D eigenvalue weighted by Crippen LogP contribution is 2.20. The van der Waals surface area contributed by atoms with Gasteiger partial charge in [0.1, 0.15) is 0 Å². The minimum Gasteiger partial charge on any atom is -0.411 e. The molecule has 0 aromatic heterocycles. The first-order valence-electron chi connectivity index (χ1n) is 5.16. The minimum absolute atomic E-state index is 0.623. The Kier molecular flexibility index (Phi) is 3.01. The summed E-state index contributed by atoms with van der Waals surface area (Å²) in [7, 11) is 0. The normalized spacial score (nSPS) is 11.4. The highest BCUT2D eigenvalue weighted by Gasteiger charge is 2.01. The molecule has 2 heteroatoms. The molecule has 16 heavy (non-hydrogen) atoms. The number of nitrogens with zero attached hydrogens (tertiary/aromatic N) is 1. The number of oxime groups is 1. The van der Waals surface area contributed by atoms with E-state index in [1.807, 2.05) is 42.5 Å². The van der Waals surface area contributed by atoms with Crippen molar-refractivity contribution >= 4 is 5.71 Å². The highest BCUT2D eigenvalue weighted by molar-refractivity contribution is 5.99. The van der Waals surface area contributed by atoms with Crippen molar-refractivity contribution in [2.45, 2.75) is 6.92 Å². The van der Waals surface area contributed by atoms with Crippen LogP contribution in [0.1, 0.15) is 12.5 Å². The molecule has 0 aliphatic heterocycles. The summed E-state index contributed by atoms with van der Waals surface area (Å²) < 4.78 is 0. The van der Waals surface area contributed by atoms with Crippen molar-refractivity contribution in [2.75, 3.05) is 0 Å². The van der Waals surface area contributed by atoms with Crippen LogP contribution in [0.3, 0.4) is 0 Å². The third-order valence-electron chi connectivity index (χ3n) is 2.54. The molecule has 0 radical (unpaired) electrons. The van der Waals surface area contributed by atoms with Gasteiger partial charge in [-0.15, -0.1) is 0 Å². The van der Waals surface area contributed by atoms with Crippen LogP contribution in [0.5, 0.6) is 0 Å².